The number of benzene rings is 2. The topological polar surface area (TPSA) is 58.4 Å². The monoisotopic (exact) mass is 356 g/mol. The van der Waals surface area contributed by atoms with Crippen molar-refractivity contribution in [3.8, 4) is 11.3 Å². The number of anilines is 2. The Morgan fingerprint density at radius 1 is 0.889 bits per heavy atom. The second kappa shape index (κ2) is 6.96. The average molecular weight is 356 g/mol. The SMILES string of the molecule is Cc1cc(C)cc(NC(=O)Nc2cccc(-c3cn4ccccc4n3)c2)c1. The lowest BCUT2D eigenvalue weighted by Gasteiger charge is -2.10. The molecule has 0 fully saturated rings. The molecule has 4 rings (SSSR count). The number of hydrogen-bond acceptors (Lipinski definition) is 2. The normalized spacial score (nSPS) is 10.7. The maximum Gasteiger partial charge on any atom is 0.323 e. The minimum Gasteiger partial charge on any atom is -0.308 e. The molecule has 2 aromatic heterocycles. The summed E-state index contributed by atoms with van der Waals surface area (Å²) in [5, 5.41) is 5.77. The quantitative estimate of drug-likeness (QED) is 0.526. The fraction of sp³-hybridized carbons (Fsp3) is 0.0909. The van der Waals surface area contributed by atoms with Crippen molar-refractivity contribution in [3.63, 3.8) is 0 Å². The Morgan fingerprint density at radius 3 is 2.44 bits per heavy atom. The van der Waals surface area contributed by atoms with Gasteiger partial charge in [-0.05, 0) is 61.4 Å². The van der Waals surface area contributed by atoms with Crippen molar-refractivity contribution in [2.45, 2.75) is 13.8 Å². The van der Waals surface area contributed by atoms with Crippen molar-refractivity contribution in [2.24, 2.45) is 0 Å². The molecule has 0 saturated carbocycles. The lowest BCUT2D eigenvalue weighted by Crippen LogP contribution is -2.19. The highest BCUT2D eigenvalue weighted by Gasteiger charge is 2.07. The van der Waals surface area contributed by atoms with Gasteiger partial charge in [0, 0.05) is 29.3 Å². The van der Waals surface area contributed by atoms with Gasteiger partial charge in [-0.1, -0.05) is 24.3 Å². The van der Waals surface area contributed by atoms with Gasteiger partial charge in [-0.25, -0.2) is 9.78 Å². The number of fused-ring (bicyclic) bond motifs is 1. The van der Waals surface area contributed by atoms with E-state index in [-0.39, 0.29) is 6.03 Å². The minimum absolute atomic E-state index is 0.271. The number of pyridine rings is 1. The maximum absolute atomic E-state index is 12.4. The summed E-state index contributed by atoms with van der Waals surface area (Å²) >= 11 is 0. The van der Waals surface area contributed by atoms with E-state index in [1.54, 1.807) is 0 Å². The van der Waals surface area contributed by atoms with Crippen LogP contribution in [0.15, 0.2) is 73.1 Å². The molecule has 27 heavy (non-hydrogen) atoms. The molecule has 2 heterocycles. The maximum atomic E-state index is 12.4. The van der Waals surface area contributed by atoms with Gasteiger partial charge in [0.2, 0.25) is 0 Å². The summed E-state index contributed by atoms with van der Waals surface area (Å²) < 4.78 is 1.97. The number of nitrogens with zero attached hydrogens (tertiary/aromatic N) is 2. The summed E-state index contributed by atoms with van der Waals surface area (Å²) in [4.78, 5) is 17.0. The predicted molar refractivity (Wildman–Crippen MR) is 109 cm³/mol. The molecule has 5 nitrogen and oxygen atoms in total. The second-order valence-corrected chi connectivity index (χ2v) is 6.63. The summed E-state index contributed by atoms with van der Waals surface area (Å²) in [6.07, 6.45) is 3.94. The number of aromatic nitrogens is 2. The third-order valence-electron chi connectivity index (χ3n) is 4.26. The lowest BCUT2D eigenvalue weighted by atomic mass is 10.1. The fourth-order valence-electron chi connectivity index (χ4n) is 3.17. The van der Waals surface area contributed by atoms with Crippen LogP contribution in [0.25, 0.3) is 16.9 Å². The molecule has 0 aliphatic carbocycles. The third-order valence-corrected chi connectivity index (χ3v) is 4.26. The van der Waals surface area contributed by atoms with Gasteiger partial charge in [0.15, 0.2) is 0 Å². The van der Waals surface area contributed by atoms with Crippen LogP contribution in [0.3, 0.4) is 0 Å². The van der Waals surface area contributed by atoms with Crippen LogP contribution in [-0.4, -0.2) is 15.4 Å². The number of rotatable bonds is 3. The number of nitrogens with one attached hydrogen (secondary N) is 2. The Balaban J connectivity index is 1.52. The zero-order valence-electron chi connectivity index (χ0n) is 15.2. The van der Waals surface area contributed by atoms with Crippen molar-refractivity contribution in [1.29, 1.82) is 0 Å². The van der Waals surface area contributed by atoms with Gasteiger partial charge < -0.3 is 15.0 Å². The van der Waals surface area contributed by atoms with Gasteiger partial charge in [-0.2, -0.15) is 0 Å². The molecule has 0 saturated heterocycles. The minimum atomic E-state index is -0.271. The number of aryl methyl sites for hydroxylation is 2. The Kier molecular flexibility index (Phi) is 4.34. The van der Waals surface area contributed by atoms with Crippen molar-refractivity contribution in [3.05, 3.63) is 84.2 Å². The van der Waals surface area contributed by atoms with Gasteiger partial charge >= 0.3 is 6.03 Å². The van der Waals surface area contributed by atoms with Crippen molar-refractivity contribution >= 4 is 23.1 Å². The Bertz CT molecular complexity index is 1080. The summed E-state index contributed by atoms with van der Waals surface area (Å²) in [5.74, 6) is 0. The smallest absolute Gasteiger partial charge is 0.308 e. The van der Waals surface area contributed by atoms with Gasteiger partial charge in [0.25, 0.3) is 0 Å². The van der Waals surface area contributed by atoms with Crippen molar-refractivity contribution < 1.29 is 4.79 Å². The molecule has 134 valence electrons. The van der Waals surface area contributed by atoms with E-state index in [9.17, 15) is 4.79 Å². The van der Waals surface area contributed by atoms with Gasteiger partial charge in [-0.3, -0.25) is 0 Å². The van der Waals surface area contributed by atoms with E-state index in [1.807, 2.05) is 85.2 Å². The number of hydrogen-bond donors (Lipinski definition) is 2. The first kappa shape index (κ1) is 16.8. The second-order valence-electron chi connectivity index (χ2n) is 6.63. The van der Waals surface area contributed by atoms with E-state index in [1.165, 1.54) is 0 Å². The average Bonchev–Trinajstić information content (AvgIpc) is 3.05. The standard InChI is InChI=1S/C22H20N4O/c1-15-10-16(2)12-19(11-15)24-22(27)23-18-7-5-6-17(13-18)20-14-26-9-4-3-8-21(26)25-20/h3-14H,1-2H3,(H2,23,24,27). The molecule has 0 unspecified atom stereocenters. The van der Waals surface area contributed by atoms with E-state index >= 15 is 0 Å². The van der Waals surface area contributed by atoms with E-state index in [0.717, 1.165) is 33.7 Å². The van der Waals surface area contributed by atoms with Gasteiger partial charge in [0.1, 0.15) is 5.65 Å². The highest BCUT2D eigenvalue weighted by atomic mass is 16.2. The highest BCUT2D eigenvalue weighted by molar-refractivity contribution is 6.00. The molecule has 4 aromatic rings. The third kappa shape index (κ3) is 3.82. The van der Waals surface area contributed by atoms with Crippen molar-refractivity contribution in [1.82, 2.24) is 9.38 Å². The first-order valence-corrected chi connectivity index (χ1v) is 8.77. The van der Waals surface area contributed by atoms with Crippen LogP contribution in [0, 0.1) is 13.8 Å². The summed E-state index contributed by atoms with van der Waals surface area (Å²) in [6, 6.07) is 19.2. The molecule has 5 heteroatoms. The van der Waals surface area contributed by atoms with Crippen molar-refractivity contribution in [2.75, 3.05) is 10.6 Å². The molecule has 0 radical (unpaired) electrons. The molecule has 0 bridgehead atoms. The summed E-state index contributed by atoms with van der Waals surface area (Å²) in [6.45, 7) is 4.02. The van der Waals surface area contributed by atoms with Crippen LogP contribution in [0.1, 0.15) is 11.1 Å². The molecule has 0 aliphatic rings. The summed E-state index contributed by atoms with van der Waals surface area (Å²) in [7, 11) is 0. The zero-order valence-corrected chi connectivity index (χ0v) is 15.2. The summed E-state index contributed by atoms with van der Waals surface area (Å²) in [5.41, 5.74) is 6.41. The molecular formula is C22H20N4O. The van der Waals surface area contributed by atoms with E-state index in [0.29, 0.717) is 5.69 Å². The lowest BCUT2D eigenvalue weighted by molar-refractivity contribution is 0.262. The van der Waals surface area contributed by atoms with Gasteiger partial charge in [0.05, 0.1) is 5.69 Å². The molecular weight excluding hydrogens is 336 g/mol. The number of amides is 2. The molecule has 0 aliphatic heterocycles. The molecule has 0 atom stereocenters. The molecule has 0 spiro atoms. The van der Waals surface area contributed by atoms with E-state index in [4.69, 9.17) is 0 Å². The zero-order chi connectivity index (χ0) is 18.8. The Labute approximate surface area is 157 Å². The first-order chi connectivity index (χ1) is 13.1. The largest absolute Gasteiger partial charge is 0.323 e. The van der Waals surface area contributed by atoms with Crippen LogP contribution in [0.2, 0.25) is 0 Å². The van der Waals surface area contributed by atoms with Crippen LogP contribution in [0.4, 0.5) is 16.2 Å². The Morgan fingerprint density at radius 2 is 1.67 bits per heavy atom. The number of carbonyl (C=O) groups is 1. The van der Waals surface area contributed by atoms with Crippen LogP contribution in [0.5, 0.6) is 0 Å². The van der Waals surface area contributed by atoms with Gasteiger partial charge in [-0.15, -0.1) is 0 Å². The fourth-order valence-corrected chi connectivity index (χ4v) is 3.17. The number of carbonyl (C=O) groups excluding carboxylic acids is 1. The highest BCUT2D eigenvalue weighted by Crippen LogP contribution is 2.23. The van der Waals surface area contributed by atoms with E-state index < -0.39 is 0 Å². The van der Waals surface area contributed by atoms with E-state index in [2.05, 4.69) is 21.7 Å². The number of imidazole rings is 1. The predicted octanol–water partition coefficient (Wildman–Crippen LogP) is 5.26. The first-order valence-electron chi connectivity index (χ1n) is 8.77. The van der Waals surface area contributed by atoms with Crippen LogP contribution < -0.4 is 10.6 Å². The Hall–Kier alpha value is -3.60. The molecule has 2 N–H and O–H groups in total. The molecule has 2 amide bonds. The van der Waals surface area contributed by atoms with Crippen LogP contribution in [-0.2, 0) is 0 Å². The molecule has 2 aromatic carbocycles. The van der Waals surface area contributed by atoms with Crippen LogP contribution >= 0.6 is 0 Å². The number of urea groups is 1.